The van der Waals surface area contributed by atoms with Crippen molar-refractivity contribution >= 4 is 28.2 Å². The Morgan fingerprint density at radius 1 is 1.40 bits per heavy atom. The van der Waals surface area contributed by atoms with Crippen LogP contribution >= 0.6 is 11.3 Å². The van der Waals surface area contributed by atoms with Crippen molar-refractivity contribution in [3.05, 3.63) is 17.0 Å². The summed E-state index contributed by atoms with van der Waals surface area (Å²) in [5.41, 5.74) is 5.64. The molecular formula is C14H21N3O2S. The minimum absolute atomic E-state index is 0.0868. The number of nitrogens with two attached hydrogens (primary N) is 1. The highest BCUT2D eigenvalue weighted by Gasteiger charge is 2.23. The van der Waals surface area contributed by atoms with Crippen LogP contribution < -0.4 is 11.1 Å². The van der Waals surface area contributed by atoms with E-state index in [1.807, 2.05) is 0 Å². The van der Waals surface area contributed by atoms with Gasteiger partial charge in [-0.1, -0.05) is 13.8 Å². The van der Waals surface area contributed by atoms with E-state index in [1.165, 1.54) is 17.8 Å². The summed E-state index contributed by atoms with van der Waals surface area (Å²) in [5, 5.41) is 5.08. The number of amides is 2. The van der Waals surface area contributed by atoms with E-state index in [0.717, 1.165) is 13.1 Å². The second-order valence-corrected chi connectivity index (χ2v) is 6.63. The van der Waals surface area contributed by atoms with Crippen LogP contribution in [0.1, 0.15) is 30.6 Å². The molecule has 0 saturated carbocycles. The molecule has 0 radical (unpaired) electrons. The molecule has 2 amide bonds. The summed E-state index contributed by atoms with van der Waals surface area (Å²) in [6.07, 6.45) is 1.22. The van der Waals surface area contributed by atoms with Gasteiger partial charge < -0.3 is 11.1 Å². The third kappa shape index (κ3) is 3.80. The molecule has 1 aliphatic rings. The van der Waals surface area contributed by atoms with Crippen LogP contribution in [-0.4, -0.2) is 36.3 Å². The molecule has 2 rings (SSSR count). The second kappa shape index (κ2) is 6.37. The lowest BCUT2D eigenvalue weighted by Gasteiger charge is -2.34. The highest BCUT2D eigenvalue weighted by atomic mass is 32.1. The molecule has 0 aromatic carbocycles. The van der Waals surface area contributed by atoms with Crippen LogP contribution in [0.2, 0.25) is 0 Å². The van der Waals surface area contributed by atoms with E-state index in [4.69, 9.17) is 5.73 Å². The molecule has 1 aromatic rings. The first-order chi connectivity index (χ1) is 9.45. The van der Waals surface area contributed by atoms with Crippen molar-refractivity contribution < 1.29 is 9.59 Å². The number of likely N-dealkylation sites (tertiary alicyclic amines) is 1. The average molecular weight is 295 g/mol. The Balaban J connectivity index is 1.92. The molecule has 2 atom stereocenters. The monoisotopic (exact) mass is 295 g/mol. The third-order valence-electron chi connectivity index (χ3n) is 3.50. The van der Waals surface area contributed by atoms with Crippen molar-refractivity contribution in [3.63, 3.8) is 0 Å². The minimum Gasteiger partial charge on any atom is -0.366 e. The summed E-state index contributed by atoms with van der Waals surface area (Å²) < 4.78 is 0. The Bertz CT molecular complexity index is 490. The predicted octanol–water partition coefficient (Wildman–Crippen LogP) is 1.76. The molecule has 1 aliphatic heterocycles. The smallest absolute Gasteiger partial charge is 0.251 e. The van der Waals surface area contributed by atoms with Crippen molar-refractivity contribution in [2.45, 2.75) is 20.3 Å². The highest BCUT2D eigenvalue weighted by Crippen LogP contribution is 2.23. The fourth-order valence-electron chi connectivity index (χ4n) is 2.89. The standard InChI is InChI=1S/C14H21N3O2S/c1-9-5-10(2)7-17(6-9)8-12(18)16-14-11(13(15)19)3-4-20-14/h3-4,9-10H,5-8H2,1-2H3,(H2,15,19)(H,16,18). The van der Waals surface area contributed by atoms with E-state index < -0.39 is 5.91 Å². The lowest BCUT2D eigenvalue weighted by molar-refractivity contribution is -0.117. The number of anilines is 1. The molecule has 1 saturated heterocycles. The number of hydrogen-bond donors (Lipinski definition) is 2. The van der Waals surface area contributed by atoms with Crippen molar-refractivity contribution in [2.24, 2.45) is 17.6 Å². The molecule has 20 heavy (non-hydrogen) atoms. The molecule has 0 bridgehead atoms. The zero-order valence-corrected chi connectivity index (χ0v) is 12.7. The summed E-state index contributed by atoms with van der Waals surface area (Å²) >= 11 is 1.32. The molecule has 6 heteroatoms. The van der Waals surface area contributed by atoms with Crippen molar-refractivity contribution in [3.8, 4) is 0 Å². The van der Waals surface area contributed by atoms with Crippen LogP contribution in [0.15, 0.2) is 11.4 Å². The molecule has 1 fully saturated rings. The van der Waals surface area contributed by atoms with Crippen LogP contribution in [0.4, 0.5) is 5.00 Å². The van der Waals surface area contributed by atoms with E-state index in [9.17, 15) is 9.59 Å². The summed E-state index contributed by atoms with van der Waals surface area (Å²) in [6, 6.07) is 1.63. The Labute approximate surface area is 123 Å². The number of piperidine rings is 1. The first kappa shape index (κ1) is 15.0. The summed E-state index contributed by atoms with van der Waals surface area (Å²) in [7, 11) is 0. The molecule has 0 spiro atoms. The molecule has 2 heterocycles. The van der Waals surface area contributed by atoms with Gasteiger partial charge in [0, 0.05) is 13.1 Å². The number of thiophene rings is 1. The Hall–Kier alpha value is -1.40. The van der Waals surface area contributed by atoms with Crippen LogP contribution in [0, 0.1) is 11.8 Å². The number of hydrogen-bond acceptors (Lipinski definition) is 4. The van der Waals surface area contributed by atoms with Crippen molar-refractivity contribution in [2.75, 3.05) is 25.0 Å². The summed E-state index contributed by atoms with van der Waals surface area (Å²) in [5.74, 6) is 0.641. The number of nitrogens with one attached hydrogen (secondary N) is 1. The van der Waals surface area contributed by atoms with Gasteiger partial charge >= 0.3 is 0 Å². The van der Waals surface area contributed by atoms with Gasteiger partial charge in [-0.3, -0.25) is 14.5 Å². The van der Waals surface area contributed by atoms with Crippen LogP contribution in [0.5, 0.6) is 0 Å². The molecule has 5 nitrogen and oxygen atoms in total. The fourth-order valence-corrected chi connectivity index (χ4v) is 3.70. The van der Waals surface area contributed by atoms with E-state index in [2.05, 4.69) is 24.1 Å². The lowest BCUT2D eigenvalue weighted by atomic mass is 9.92. The third-order valence-corrected chi connectivity index (χ3v) is 4.33. The van der Waals surface area contributed by atoms with Gasteiger partial charge in [0.1, 0.15) is 5.00 Å². The van der Waals surface area contributed by atoms with Crippen molar-refractivity contribution in [1.29, 1.82) is 0 Å². The first-order valence-electron chi connectivity index (χ1n) is 6.85. The van der Waals surface area contributed by atoms with E-state index in [-0.39, 0.29) is 5.91 Å². The lowest BCUT2D eigenvalue weighted by Crippen LogP contribution is -2.42. The van der Waals surface area contributed by atoms with Crippen LogP contribution in [-0.2, 0) is 4.79 Å². The largest absolute Gasteiger partial charge is 0.366 e. The molecule has 110 valence electrons. The molecule has 1 aromatic heterocycles. The molecular weight excluding hydrogens is 274 g/mol. The van der Waals surface area contributed by atoms with E-state index >= 15 is 0 Å². The van der Waals surface area contributed by atoms with Gasteiger partial charge in [0.2, 0.25) is 5.91 Å². The number of primary amides is 1. The van der Waals surface area contributed by atoms with Gasteiger partial charge in [-0.05, 0) is 29.7 Å². The summed E-state index contributed by atoms with van der Waals surface area (Å²) in [6.45, 7) is 6.69. The topological polar surface area (TPSA) is 75.4 Å². The quantitative estimate of drug-likeness (QED) is 0.889. The number of nitrogens with zero attached hydrogens (tertiary/aromatic N) is 1. The number of carbonyl (C=O) groups is 2. The highest BCUT2D eigenvalue weighted by molar-refractivity contribution is 7.14. The van der Waals surface area contributed by atoms with Crippen LogP contribution in [0.3, 0.4) is 0 Å². The SMILES string of the molecule is CC1CC(C)CN(CC(=O)Nc2sccc2C(N)=O)C1. The fraction of sp³-hybridized carbons (Fsp3) is 0.571. The number of carbonyl (C=O) groups excluding carboxylic acids is 2. The Morgan fingerprint density at radius 3 is 2.65 bits per heavy atom. The average Bonchev–Trinajstić information content (AvgIpc) is 2.75. The molecule has 2 unspecified atom stereocenters. The van der Waals surface area contributed by atoms with E-state index in [1.54, 1.807) is 11.4 Å². The van der Waals surface area contributed by atoms with Crippen LogP contribution in [0.25, 0.3) is 0 Å². The maximum atomic E-state index is 12.1. The maximum absolute atomic E-state index is 12.1. The van der Waals surface area contributed by atoms with Gasteiger partial charge in [-0.25, -0.2) is 0 Å². The van der Waals surface area contributed by atoms with Crippen molar-refractivity contribution in [1.82, 2.24) is 4.90 Å². The minimum atomic E-state index is -0.512. The zero-order chi connectivity index (χ0) is 14.7. The second-order valence-electron chi connectivity index (χ2n) is 5.72. The summed E-state index contributed by atoms with van der Waals surface area (Å²) in [4.78, 5) is 25.4. The Morgan fingerprint density at radius 2 is 2.05 bits per heavy atom. The van der Waals surface area contributed by atoms with Gasteiger partial charge in [0.25, 0.3) is 5.91 Å². The number of rotatable bonds is 4. The van der Waals surface area contributed by atoms with Gasteiger partial charge in [0.15, 0.2) is 0 Å². The Kier molecular flexibility index (Phi) is 4.77. The maximum Gasteiger partial charge on any atom is 0.251 e. The zero-order valence-electron chi connectivity index (χ0n) is 11.9. The van der Waals surface area contributed by atoms with Gasteiger partial charge in [-0.2, -0.15) is 0 Å². The van der Waals surface area contributed by atoms with Gasteiger partial charge in [0.05, 0.1) is 12.1 Å². The molecule has 0 aliphatic carbocycles. The van der Waals surface area contributed by atoms with E-state index in [0.29, 0.717) is 28.9 Å². The first-order valence-corrected chi connectivity index (χ1v) is 7.73. The van der Waals surface area contributed by atoms with Gasteiger partial charge in [-0.15, -0.1) is 11.3 Å². The molecule has 3 N–H and O–H groups in total. The normalized spacial score (nSPS) is 23.5. The predicted molar refractivity (Wildman–Crippen MR) is 80.9 cm³/mol.